The molecular formula is C19H25N3O3S. The lowest BCUT2D eigenvalue weighted by Gasteiger charge is -2.25. The molecule has 0 spiro atoms. The van der Waals surface area contributed by atoms with E-state index >= 15 is 0 Å². The molecule has 1 unspecified atom stereocenters. The van der Waals surface area contributed by atoms with Gasteiger partial charge in [-0.2, -0.15) is 0 Å². The van der Waals surface area contributed by atoms with Crippen LogP contribution in [0, 0.1) is 0 Å². The molecule has 2 aromatic rings. The minimum absolute atomic E-state index is 0.189. The molecule has 4 rings (SSSR count). The molecule has 1 aromatic heterocycles. The zero-order chi connectivity index (χ0) is 18.3. The molecular weight excluding hydrogens is 350 g/mol. The molecule has 0 radical (unpaired) electrons. The van der Waals surface area contributed by atoms with Crippen LogP contribution in [0.25, 0.3) is 0 Å². The zero-order valence-electron chi connectivity index (χ0n) is 15.3. The van der Waals surface area contributed by atoms with Gasteiger partial charge in [-0.3, -0.25) is 9.21 Å². The predicted molar refractivity (Wildman–Crippen MR) is 101 cm³/mol. The number of hydrogen-bond acceptors (Lipinski definition) is 5. The Labute approximate surface area is 154 Å². The molecule has 0 bridgehead atoms. The van der Waals surface area contributed by atoms with Crippen LogP contribution in [0.3, 0.4) is 0 Å². The van der Waals surface area contributed by atoms with E-state index in [1.54, 1.807) is 0 Å². The van der Waals surface area contributed by atoms with E-state index in [2.05, 4.69) is 23.9 Å². The number of sulfonamides is 1. The van der Waals surface area contributed by atoms with Gasteiger partial charge in [-0.25, -0.2) is 13.4 Å². The number of nitrogens with zero attached hydrogens (tertiary/aromatic N) is 3. The fourth-order valence-electron chi connectivity index (χ4n) is 3.40. The van der Waals surface area contributed by atoms with Crippen LogP contribution in [0.4, 0.5) is 5.69 Å². The summed E-state index contributed by atoms with van der Waals surface area (Å²) in [6, 6.07) is 8.03. The zero-order valence-corrected chi connectivity index (χ0v) is 16.1. The second-order valence-electron chi connectivity index (χ2n) is 7.36. The minimum atomic E-state index is -3.13. The van der Waals surface area contributed by atoms with Gasteiger partial charge in [0.05, 0.1) is 24.2 Å². The van der Waals surface area contributed by atoms with E-state index in [1.807, 2.05) is 30.5 Å². The summed E-state index contributed by atoms with van der Waals surface area (Å²) in [5.41, 5.74) is 1.90. The normalized spacial score (nSPS) is 20.7. The van der Waals surface area contributed by atoms with E-state index in [1.165, 1.54) is 17.1 Å². The van der Waals surface area contributed by atoms with Crippen LogP contribution in [0.5, 0.6) is 0 Å². The number of hydrogen-bond donors (Lipinski definition) is 0. The van der Waals surface area contributed by atoms with E-state index in [-0.39, 0.29) is 11.8 Å². The fraction of sp³-hybridized carbons (Fsp3) is 0.526. The summed E-state index contributed by atoms with van der Waals surface area (Å²) in [6.07, 6.45) is 4.90. The summed E-state index contributed by atoms with van der Waals surface area (Å²) >= 11 is 0. The van der Waals surface area contributed by atoms with Crippen molar-refractivity contribution in [2.45, 2.75) is 44.7 Å². The van der Waals surface area contributed by atoms with Crippen molar-refractivity contribution < 1.29 is 12.8 Å². The van der Waals surface area contributed by atoms with Crippen molar-refractivity contribution in [3.63, 3.8) is 0 Å². The molecule has 1 saturated carbocycles. The number of anilines is 1. The Bertz CT molecular complexity index is 872. The molecule has 26 heavy (non-hydrogen) atoms. The largest absolute Gasteiger partial charge is 0.444 e. The first-order chi connectivity index (χ1) is 12.4. The molecule has 1 aliphatic heterocycles. The Morgan fingerprint density at radius 2 is 2.04 bits per heavy atom. The lowest BCUT2D eigenvalue weighted by Crippen LogP contribution is -2.25. The first-order valence-electron chi connectivity index (χ1n) is 9.19. The van der Waals surface area contributed by atoms with Gasteiger partial charge >= 0.3 is 0 Å². The Morgan fingerprint density at radius 3 is 2.65 bits per heavy atom. The SMILES string of the molecule is CC(c1ccc(N2CCCS2(=O)=O)cc1)N(C)Cc1cnc(C2CC2)o1. The third-order valence-corrected chi connectivity index (χ3v) is 7.20. The van der Waals surface area contributed by atoms with Crippen LogP contribution in [0.15, 0.2) is 34.9 Å². The predicted octanol–water partition coefficient (Wildman–Crippen LogP) is 3.28. The summed E-state index contributed by atoms with van der Waals surface area (Å²) < 4.78 is 31.5. The van der Waals surface area contributed by atoms with Gasteiger partial charge in [0.1, 0.15) is 5.76 Å². The molecule has 2 fully saturated rings. The van der Waals surface area contributed by atoms with Crippen molar-refractivity contribution in [1.29, 1.82) is 0 Å². The van der Waals surface area contributed by atoms with Crippen LogP contribution >= 0.6 is 0 Å². The van der Waals surface area contributed by atoms with Crippen molar-refractivity contribution in [2.75, 3.05) is 23.7 Å². The van der Waals surface area contributed by atoms with Crippen molar-refractivity contribution in [1.82, 2.24) is 9.88 Å². The Kier molecular flexibility index (Phi) is 4.52. The molecule has 2 aliphatic rings. The molecule has 140 valence electrons. The maximum atomic E-state index is 12.0. The topological polar surface area (TPSA) is 66.7 Å². The average Bonchev–Trinajstić information content (AvgIpc) is 3.27. The average molecular weight is 375 g/mol. The molecule has 1 atom stereocenters. The minimum Gasteiger partial charge on any atom is -0.444 e. The second-order valence-corrected chi connectivity index (χ2v) is 9.38. The smallest absolute Gasteiger partial charge is 0.235 e. The first kappa shape index (κ1) is 17.5. The second kappa shape index (κ2) is 6.70. The van der Waals surface area contributed by atoms with E-state index in [4.69, 9.17) is 4.42 Å². The van der Waals surface area contributed by atoms with Crippen molar-refractivity contribution in [2.24, 2.45) is 0 Å². The van der Waals surface area contributed by atoms with Gasteiger partial charge in [0, 0.05) is 18.5 Å². The molecule has 0 N–H and O–H groups in total. The molecule has 1 aliphatic carbocycles. The molecule has 1 aromatic carbocycles. The van der Waals surface area contributed by atoms with Crippen LogP contribution in [0.1, 0.15) is 55.4 Å². The standard InChI is InChI=1S/C19H25N3O3S/c1-14(21(2)13-18-12-20-19(25-18)16-4-5-16)15-6-8-17(9-7-15)22-10-3-11-26(22,23)24/h6-9,12,14,16H,3-5,10-11,13H2,1-2H3. The maximum absolute atomic E-state index is 12.0. The van der Waals surface area contributed by atoms with Crippen LogP contribution < -0.4 is 4.31 Å². The fourth-order valence-corrected chi connectivity index (χ4v) is 4.97. The van der Waals surface area contributed by atoms with E-state index in [9.17, 15) is 8.42 Å². The highest BCUT2D eigenvalue weighted by Gasteiger charge is 2.29. The summed E-state index contributed by atoms with van der Waals surface area (Å²) in [7, 11) is -1.07. The highest BCUT2D eigenvalue weighted by Crippen LogP contribution is 2.39. The molecule has 2 heterocycles. The van der Waals surface area contributed by atoms with Gasteiger partial charge in [0.15, 0.2) is 5.89 Å². The molecule has 7 heteroatoms. The van der Waals surface area contributed by atoms with Gasteiger partial charge < -0.3 is 4.42 Å². The summed E-state index contributed by atoms with van der Waals surface area (Å²) in [6.45, 7) is 3.41. The summed E-state index contributed by atoms with van der Waals surface area (Å²) in [5.74, 6) is 2.53. The lowest BCUT2D eigenvalue weighted by atomic mass is 10.1. The highest BCUT2D eigenvalue weighted by atomic mass is 32.2. The molecule has 1 saturated heterocycles. The van der Waals surface area contributed by atoms with Gasteiger partial charge in [0.2, 0.25) is 10.0 Å². The number of benzene rings is 1. The van der Waals surface area contributed by atoms with Crippen LogP contribution in [0.2, 0.25) is 0 Å². The van der Waals surface area contributed by atoms with Gasteiger partial charge in [-0.15, -0.1) is 0 Å². The number of aromatic nitrogens is 1. The van der Waals surface area contributed by atoms with E-state index in [0.29, 0.717) is 25.4 Å². The molecule has 0 amide bonds. The summed E-state index contributed by atoms with van der Waals surface area (Å²) in [4.78, 5) is 6.58. The van der Waals surface area contributed by atoms with Crippen LogP contribution in [-0.2, 0) is 16.6 Å². The van der Waals surface area contributed by atoms with E-state index < -0.39 is 10.0 Å². The van der Waals surface area contributed by atoms with Crippen molar-refractivity contribution in [3.05, 3.63) is 47.7 Å². The summed E-state index contributed by atoms with van der Waals surface area (Å²) in [5, 5.41) is 0. The third kappa shape index (κ3) is 3.50. The van der Waals surface area contributed by atoms with Crippen LogP contribution in [-0.4, -0.2) is 37.6 Å². The highest BCUT2D eigenvalue weighted by molar-refractivity contribution is 7.93. The van der Waals surface area contributed by atoms with Gasteiger partial charge in [-0.1, -0.05) is 12.1 Å². The van der Waals surface area contributed by atoms with Crippen molar-refractivity contribution >= 4 is 15.7 Å². The number of rotatable bonds is 6. The Balaban J connectivity index is 1.42. The first-order valence-corrected chi connectivity index (χ1v) is 10.8. The van der Waals surface area contributed by atoms with Gasteiger partial charge in [0.25, 0.3) is 0 Å². The third-order valence-electron chi connectivity index (χ3n) is 5.33. The monoisotopic (exact) mass is 375 g/mol. The maximum Gasteiger partial charge on any atom is 0.235 e. The number of oxazole rings is 1. The Hall–Kier alpha value is -1.86. The molecule has 6 nitrogen and oxygen atoms in total. The van der Waals surface area contributed by atoms with E-state index in [0.717, 1.165) is 22.9 Å². The quantitative estimate of drug-likeness (QED) is 0.775. The van der Waals surface area contributed by atoms with Crippen molar-refractivity contribution in [3.8, 4) is 0 Å². The lowest BCUT2D eigenvalue weighted by molar-refractivity contribution is 0.230. The van der Waals surface area contributed by atoms with Gasteiger partial charge in [-0.05, 0) is 50.9 Å². The Morgan fingerprint density at radius 1 is 1.31 bits per heavy atom.